The van der Waals surface area contributed by atoms with Crippen molar-refractivity contribution in [1.29, 1.82) is 0 Å². The molecule has 1 saturated heterocycles. The number of fused-ring (bicyclic) bond motifs is 4. The van der Waals surface area contributed by atoms with Gasteiger partial charge in [0.05, 0.1) is 0 Å². The summed E-state index contributed by atoms with van der Waals surface area (Å²) in [6.07, 6.45) is 5.33. The van der Waals surface area contributed by atoms with Crippen LogP contribution in [0.2, 0.25) is 0 Å². The van der Waals surface area contributed by atoms with Crippen molar-refractivity contribution in [2.75, 3.05) is 13.1 Å². The molecule has 2 saturated carbocycles. The number of amides is 1. The Balaban J connectivity index is 1.56. The van der Waals surface area contributed by atoms with E-state index in [0.29, 0.717) is 5.92 Å². The van der Waals surface area contributed by atoms with Crippen molar-refractivity contribution in [3.63, 3.8) is 0 Å². The van der Waals surface area contributed by atoms with Crippen LogP contribution in [0, 0.1) is 23.7 Å². The molecule has 5 atom stereocenters. The topological polar surface area (TPSA) is 75.4 Å². The van der Waals surface area contributed by atoms with Crippen molar-refractivity contribution >= 4 is 5.91 Å². The second kappa shape index (κ2) is 5.06. The Hall–Kier alpha value is -1.39. The van der Waals surface area contributed by atoms with Crippen molar-refractivity contribution in [1.82, 2.24) is 5.32 Å². The monoisotopic (exact) mass is 326 g/mol. The highest BCUT2D eigenvalue weighted by molar-refractivity contribution is 5.87. The van der Waals surface area contributed by atoms with Gasteiger partial charge >= 0.3 is 0 Å². The van der Waals surface area contributed by atoms with Crippen molar-refractivity contribution in [3.05, 3.63) is 34.9 Å². The Morgan fingerprint density at radius 1 is 1.25 bits per heavy atom. The van der Waals surface area contributed by atoms with Crippen molar-refractivity contribution in [2.45, 2.75) is 43.6 Å². The van der Waals surface area contributed by atoms with Gasteiger partial charge < -0.3 is 16.2 Å². The number of aliphatic hydroxyl groups is 1. The number of primary amides is 1. The number of carbonyl (C=O) groups is 1. The van der Waals surface area contributed by atoms with E-state index in [2.05, 4.69) is 11.4 Å². The van der Waals surface area contributed by atoms with E-state index in [9.17, 15) is 9.90 Å². The van der Waals surface area contributed by atoms with Crippen LogP contribution < -0.4 is 11.1 Å². The molecule has 0 aromatic heterocycles. The molecule has 5 rings (SSSR count). The van der Waals surface area contributed by atoms with Crippen LogP contribution in [0.5, 0.6) is 0 Å². The number of carbonyl (C=O) groups excluding carboxylic acids is 1. The average Bonchev–Trinajstić information content (AvgIpc) is 2.96. The third kappa shape index (κ3) is 1.84. The van der Waals surface area contributed by atoms with E-state index in [1.807, 2.05) is 12.1 Å². The normalized spacial score (nSPS) is 42.3. The average molecular weight is 326 g/mol. The van der Waals surface area contributed by atoms with Gasteiger partial charge in [0.2, 0.25) is 0 Å². The van der Waals surface area contributed by atoms with E-state index in [0.717, 1.165) is 62.1 Å². The minimum Gasteiger partial charge on any atom is -0.375 e. The van der Waals surface area contributed by atoms with Gasteiger partial charge in [0.1, 0.15) is 0 Å². The molecule has 4 nitrogen and oxygen atoms in total. The van der Waals surface area contributed by atoms with Gasteiger partial charge in [-0.15, -0.1) is 0 Å². The standard InChI is InChI=1S/C20H26N2O2/c21-19(23)20(24)16-6-2-1-5-12(16)18-11(4-3-7-17(18)20)8-13-14-9-22-10-15(13)14/h3-4,7,12-16,22,24H,1-2,5-6,8-10H2,(H2,21,23). The first kappa shape index (κ1) is 14.9. The van der Waals surface area contributed by atoms with Crippen LogP contribution >= 0.6 is 0 Å². The fourth-order valence-corrected chi connectivity index (χ4v) is 6.16. The fourth-order valence-electron chi connectivity index (χ4n) is 6.16. The predicted molar refractivity (Wildman–Crippen MR) is 91.3 cm³/mol. The quantitative estimate of drug-likeness (QED) is 0.791. The van der Waals surface area contributed by atoms with Crippen LogP contribution in [-0.4, -0.2) is 24.1 Å². The summed E-state index contributed by atoms with van der Waals surface area (Å²) < 4.78 is 0. The zero-order valence-corrected chi connectivity index (χ0v) is 14.0. The highest BCUT2D eigenvalue weighted by Gasteiger charge is 2.57. The van der Waals surface area contributed by atoms with Crippen LogP contribution in [0.25, 0.3) is 0 Å². The van der Waals surface area contributed by atoms with Crippen LogP contribution in [0.4, 0.5) is 0 Å². The summed E-state index contributed by atoms with van der Waals surface area (Å²) >= 11 is 0. The molecule has 0 bridgehead atoms. The number of rotatable bonds is 3. The number of benzene rings is 1. The summed E-state index contributed by atoms with van der Waals surface area (Å²) in [5.74, 6) is 2.16. The molecule has 4 aliphatic rings. The zero-order chi connectivity index (χ0) is 16.5. The summed E-state index contributed by atoms with van der Waals surface area (Å²) in [4.78, 5) is 12.2. The van der Waals surface area contributed by atoms with Gasteiger partial charge in [-0.05, 0) is 72.7 Å². The third-order valence-corrected chi connectivity index (χ3v) is 7.38. The highest BCUT2D eigenvalue weighted by atomic mass is 16.3. The maximum atomic E-state index is 12.2. The molecule has 0 spiro atoms. The lowest BCUT2D eigenvalue weighted by molar-refractivity contribution is -0.144. The van der Waals surface area contributed by atoms with Crippen molar-refractivity contribution < 1.29 is 9.90 Å². The number of piperidine rings is 1. The lowest BCUT2D eigenvalue weighted by Crippen LogP contribution is -2.46. The SMILES string of the molecule is NC(=O)C1(O)c2cccc(CC3C4CNCC43)c2C2CCCCC21. The Morgan fingerprint density at radius 3 is 2.75 bits per heavy atom. The minimum absolute atomic E-state index is 0.0275. The Labute approximate surface area is 142 Å². The van der Waals surface area contributed by atoms with E-state index >= 15 is 0 Å². The van der Waals surface area contributed by atoms with Gasteiger partial charge in [0.15, 0.2) is 5.60 Å². The molecule has 1 aliphatic heterocycles. The van der Waals surface area contributed by atoms with Gasteiger partial charge in [-0.1, -0.05) is 31.0 Å². The smallest absolute Gasteiger partial charge is 0.254 e. The summed E-state index contributed by atoms with van der Waals surface area (Å²) in [5, 5.41) is 14.7. The first-order valence-corrected chi connectivity index (χ1v) is 9.47. The molecule has 1 heterocycles. The lowest BCUT2D eigenvalue weighted by Gasteiger charge is -2.33. The molecule has 1 aromatic rings. The largest absolute Gasteiger partial charge is 0.375 e. The molecule has 4 heteroatoms. The van der Waals surface area contributed by atoms with Crippen LogP contribution in [0.1, 0.15) is 48.3 Å². The van der Waals surface area contributed by atoms with Crippen LogP contribution in [-0.2, 0) is 16.8 Å². The molecule has 3 fully saturated rings. The van der Waals surface area contributed by atoms with Gasteiger partial charge in [-0.3, -0.25) is 4.79 Å². The second-order valence-electron chi connectivity index (χ2n) is 8.36. The first-order valence-electron chi connectivity index (χ1n) is 9.47. The van der Waals surface area contributed by atoms with Crippen LogP contribution in [0.15, 0.2) is 18.2 Å². The predicted octanol–water partition coefficient (Wildman–Crippen LogP) is 1.65. The summed E-state index contributed by atoms with van der Waals surface area (Å²) in [6.45, 7) is 2.31. The molecular weight excluding hydrogens is 300 g/mol. The molecule has 0 radical (unpaired) electrons. The third-order valence-electron chi connectivity index (χ3n) is 7.38. The molecule has 3 aliphatic carbocycles. The van der Waals surface area contributed by atoms with E-state index in [-0.39, 0.29) is 5.92 Å². The maximum absolute atomic E-state index is 12.2. The Kier molecular flexibility index (Phi) is 3.14. The maximum Gasteiger partial charge on any atom is 0.254 e. The molecule has 128 valence electrons. The van der Waals surface area contributed by atoms with Gasteiger partial charge in [-0.2, -0.15) is 0 Å². The van der Waals surface area contributed by atoms with Crippen molar-refractivity contribution in [2.24, 2.45) is 29.4 Å². The molecule has 4 N–H and O–H groups in total. The van der Waals surface area contributed by atoms with Gasteiger partial charge in [-0.25, -0.2) is 0 Å². The fraction of sp³-hybridized carbons (Fsp3) is 0.650. The van der Waals surface area contributed by atoms with E-state index in [4.69, 9.17) is 5.73 Å². The number of hydrogen-bond donors (Lipinski definition) is 3. The Morgan fingerprint density at radius 2 is 2.00 bits per heavy atom. The molecule has 1 amide bonds. The zero-order valence-electron chi connectivity index (χ0n) is 14.0. The summed E-state index contributed by atoms with van der Waals surface area (Å²) in [6, 6.07) is 6.17. The summed E-state index contributed by atoms with van der Waals surface area (Å²) in [7, 11) is 0. The number of nitrogens with two attached hydrogens (primary N) is 1. The Bertz CT molecular complexity index is 693. The van der Waals surface area contributed by atoms with Gasteiger partial charge in [0, 0.05) is 5.92 Å². The summed E-state index contributed by atoms with van der Waals surface area (Å²) in [5.41, 5.74) is 7.67. The minimum atomic E-state index is -1.46. The lowest BCUT2D eigenvalue weighted by atomic mass is 9.73. The molecule has 1 aromatic carbocycles. The number of hydrogen-bond acceptors (Lipinski definition) is 3. The highest BCUT2D eigenvalue weighted by Crippen LogP contribution is 2.58. The van der Waals surface area contributed by atoms with Crippen molar-refractivity contribution in [3.8, 4) is 0 Å². The van der Waals surface area contributed by atoms with Crippen LogP contribution in [0.3, 0.4) is 0 Å². The van der Waals surface area contributed by atoms with E-state index in [1.54, 1.807) is 0 Å². The number of nitrogens with one attached hydrogen (secondary N) is 1. The molecule has 5 unspecified atom stereocenters. The van der Waals surface area contributed by atoms with Gasteiger partial charge in [0.25, 0.3) is 5.91 Å². The van der Waals surface area contributed by atoms with E-state index in [1.165, 1.54) is 17.5 Å². The second-order valence-corrected chi connectivity index (χ2v) is 8.36. The van der Waals surface area contributed by atoms with E-state index < -0.39 is 11.5 Å². The molecular formula is C20H26N2O2. The molecule has 24 heavy (non-hydrogen) atoms. The first-order chi connectivity index (χ1) is 11.6.